The van der Waals surface area contributed by atoms with Crippen molar-refractivity contribution in [2.24, 2.45) is 0 Å². The van der Waals surface area contributed by atoms with Crippen molar-refractivity contribution in [1.82, 2.24) is 4.98 Å². The van der Waals surface area contributed by atoms with Crippen molar-refractivity contribution in [1.29, 1.82) is 0 Å². The van der Waals surface area contributed by atoms with E-state index in [4.69, 9.17) is 11.6 Å². The second kappa shape index (κ2) is 4.45. The number of carbonyl (C=O) groups is 1. The molecule has 1 heterocycles. The van der Waals surface area contributed by atoms with Crippen LogP contribution in [0, 0.1) is 6.92 Å². The van der Waals surface area contributed by atoms with E-state index in [2.05, 4.69) is 4.98 Å². The first-order valence-electron chi connectivity index (χ1n) is 4.90. The Morgan fingerprint density at radius 3 is 2.56 bits per heavy atom. The van der Waals surface area contributed by atoms with E-state index in [9.17, 15) is 4.79 Å². The number of aromatic nitrogens is 1. The van der Waals surface area contributed by atoms with Gasteiger partial charge in [0.15, 0.2) is 5.78 Å². The molecule has 0 aliphatic rings. The minimum atomic E-state index is -0.0990. The Kier molecular flexibility index (Phi) is 3.02. The van der Waals surface area contributed by atoms with Gasteiger partial charge in [-0.1, -0.05) is 23.7 Å². The topological polar surface area (TPSA) is 30.0 Å². The average molecular weight is 232 g/mol. The number of hydrogen-bond donors (Lipinski definition) is 0. The lowest BCUT2D eigenvalue weighted by Crippen LogP contribution is -2.02. The summed E-state index contributed by atoms with van der Waals surface area (Å²) in [5.41, 5.74) is 1.95. The van der Waals surface area contributed by atoms with Gasteiger partial charge in [0.1, 0.15) is 0 Å². The summed E-state index contributed by atoms with van der Waals surface area (Å²) in [5, 5.41) is 0.466. The van der Waals surface area contributed by atoms with Crippen molar-refractivity contribution in [3.8, 4) is 0 Å². The van der Waals surface area contributed by atoms with Crippen molar-refractivity contribution in [2.45, 2.75) is 6.92 Å². The minimum absolute atomic E-state index is 0.0990. The lowest BCUT2D eigenvalue weighted by molar-refractivity contribution is 0.103. The summed E-state index contributed by atoms with van der Waals surface area (Å²) < 4.78 is 0. The fourth-order valence-corrected chi connectivity index (χ4v) is 1.62. The number of pyridine rings is 1. The third-order valence-corrected chi connectivity index (χ3v) is 2.62. The SMILES string of the molecule is Cc1ccc(C(=O)c2ccccc2Cl)cn1. The predicted octanol–water partition coefficient (Wildman–Crippen LogP) is 3.27. The van der Waals surface area contributed by atoms with Gasteiger partial charge in [-0.25, -0.2) is 0 Å². The first-order chi connectivity index (χ1) is 7.68. The zero-order valence-electron chi connectivity index (χ0n) is 8.77. The van der Waals surface area contributed by atoms with Gasteiger partial charge < -0.3 is 0 Å². The Hall–Kier alpha value is -1.67. The Bertz CT molecular complexity index is 520. The lowest BCUT2D eigenvalue weighted by Gasteiger charge is -2.03. The zero-order chi connectivity index (χ0) is 11.5. The zero-order valence-corrected chi connectivity index (χ0v) is 9.53. The standard InChI is InChI=1S/C13H10ClNO/c1-9-6-7-10(8-15-9)13(16)11-4-2-3-5-12(11)14/h2-8H,1H3. The quantitative estimate of drug-likeness (QED) is 0.743. The first kappa shape index (κ1) is 10.8. The summed E-state index contributed by atoms with van der Waals surface area (Å²) in [5.74, 6) is -0.0990. The van der Waals surface area contributed by atoms with Gasteiger partial charge in [0, 0.05) is 23.0 Å². The maximum absolute atomic E-state index is 12.1. The highest BCUT2D eigenvalue weighted by molar-refractivity contribution is 6.34. The largest absolute Gasteiger partial charge is 0.288 e. The van der Waals surface area contributed by atoms with E-state index in [0.717, 1.165) is 5.69 Å². The van der Waals surface area contributed by atoms with Crippen LogP contribution in [0.25, 0.3) is 0 Å². The molecule has 0 atom stereocenters. The van der Waals surface area contributed by atoms with Crippen LogP contribution in [0.1, 0.15) is 21.6 Å². The molecule has 0 amide bonds. The van der Waals surface area contributed by atoms with Gasteiger partial charge in [0.25, 0.3) is 0 Å². The average Bonchev–Trinajstić information content (AvgIpc) is 2.30. The van der Waals surface area contributed by atoms with Crippen molar-refractivity contribution < 1.29 is 4.79 Å². The molecule has 16 heavy (non-hydrogen) atoms. The van der Waals surface area contributed by atoms with Gasteiger partial charge in [0.05, 0.1) is 5.02 Å². The van der Waals surface area contributed by atoms with Crippen molar-refractivity contribution in [2.75, 3.05) is 0 Å². The fourth-order valence-electron chi connectivity index (χ4n) is 1.40. The van der Waals surface area contributed by atoms with Crippen LogP contribution < -0.4 is 0 Å². The molecular formula is C13H10ClNO. The summed E-state index contributed by atoms with van der Waals surface area (Å²) >= 11 is 5.96. The van der Waals surface area contributed by atoms with Gasteiger partial charge >= 0.3 is 0 Å². The first-order valence-corrected chi connectivity index (χ1v) is 5.28. The van der Waals surface area contributed by atoms with Gasteiger partial charge in [-0.2, -0.15) is 0 Å². The number of aryl methyl sites for hydroxylation is 1. The number of carbonyl (C=O) groups excluding carboxylic acids is 1. The molecule has 0 radical (unpaired) electrons. The second-order valence-electron chi connectivity index (χ2n) is 3.50. The van der Waals surface area contributed by atoms with E-state index in [1.807, 2.05) is 13.0 Å². The molecule has 0 fully saturated rings. The van der Waals surface area contributed by atoms with Gasteiger partial charge in [-0.15, -0.1) is 0 Å². The number of rotatable bonds is 2. The number of ketones is 1. The van der Waals surface area contributed by atoms with Crippen LogP contribution in [0.4, 0.5) is 0 Å². The van der Waals surface area contributed by atoms with Crippen LogP contribution in [-0.4, -0.2) is 10.8 Å². The van der Waals surface area contributed by atoms with Crippen LogP contribution >= 0.6 is 11.6 Å². The van der Waals surface area contributed by atoms with Crippen LogP contribution in [0.2, 0.25) is 5.02 Å². The molecule has 0 aliphatic carbocycles. The molecule has 2 nitrogen and oxygen atoms in total. The maximum Gasteiger partial charge on any atom is 0.196 e. The van der Waals surface area contributed by atoms with E-state index in [0.29, 0.717) is 16.1 Å². The molecule has 0 saturated carbocycles. The van der Waals surface area contributed by atoms with Crippen LogP contribution in [0.3, 0.4) is 0 Å². The Labute approximate surface area is 98.9 Å². The second-order valence-corrected chi connectivity index (χ2v) is 3.90. The maximum atomic E-state index is 12.1. The van der Waals surface area contributed by atoms with Crippen LogP contribution in [0.15, 0.2) is 42.6 Å². The van der Waals surface area contributed by atoms with E-state index in [1.54, 1.807) is 36.5 Å². The van der Waals surface area contributed by atoms with E-state index in [-0.39, 0.29) is 5.78 Å². The highest BCUT2D eigenvalue weighted by Gasteiger charge is 2.11. The molecule has 1 aromatic carbocycles. The van der Waals surface area contributed by atoms with Crippen LogP contribution in [-0.2, 0) is 0 Å². The molecule has 0 N–H and O–H groups in total. The van der Waals surface area contributed by atoms with E-state index < -0.39 is 0 Å². The van der Waals surface area contributed by atoms with Crippen molar-refractivity contribution in [3.63, 3.8) is 0 Å². The number of hydrogen-bond acceptors (Lipinski definition) is 2. The molecule has 0 saturated heterocycles. The van der Waals surface area contributed by atoms with Gasteiger partial charge in [-0.3, -0.25) is 9.78 Å². The number of nitrogens with zero attached hydrogens (tertiary/aromatic N) is 1. The van der Waals surface area contributed by atoms with Crippen molar-refractivity contribution in [3.05, 3.63) is 64.4 Å². The Morgan fingerprint density at radius 2 is 1.94 bits per heavy atom. The third-order valence-electron chi connectivity index (χ3n) is 2.29. The number of halogens is 1. The molecule has 0 spiro atoms. The Morgan fingerprint density at radius 1 is 1.19 bits per heavy atom. The summed E-state index contributed by atoms with van der Waals surface area (Å²) in [7, 11) is 0. The minimum Gasteiger partial charge on any atom is -0.288 e. The third kappa shape index (κ3) is 2.12. The predicted molar refractivity (Wildman–Crippen MR) is 63.9 cm³/mol. The van der Waals surface area contributed by atoms with Gasteiger partial charge in [0.2, 0.25) is 0 Å². The van der Waals surface area contributed by atoms with E-state index >= 15 is 0 Å². The molecule has 1 aromatic heterocycles. The summed E-state index contributed by atoms with van der Waals surface area (Å²) in [6.45, 7) is 1.88. The summed E-state index contributed by atoms with van der Waals surface area (Å²) in [4.78, 5) is 16.1. The highest BCUT2D eigenvalue weighted by Crippen LogP contribution is 2.18. The Balaban J connectivity index is 2.40. The fraction of sp³-hybridized carbons (Fsp3) is 0.0769. The molecule has 0 bridgehead atoms. The molecule has 0 aliphatic heterocycles. The van der Waals surface area contributed by atoms with Crippen LogP contribution in [0.5, 0.6) is 0 Å². The highest BCUT2D eigenvalue weighted by atomic mass is 35.5. The molecule has 2 aromatic rings. The summed E-state index contributed by atoms with van der Waals surface area (Å²) in [6, 6.07) is 10.6. The molecule has 80 valence electrons. The lowest BCUT2D eigenvalue weighted by atomic mass is 10.1. The molecule has 2 rings (SSSR count). The van der Waals surface area contributed by atoms with Crippen molar-refractivity contribution >= 4 is 17.4 Å². The smallest absolute Gasteiger partial charge is 0.196 e. The normalized spacial score (nSPS) is 10.1. The molecule has 3 heteroatoms. The number of benzene rings is 1. The molecule has 0 unspecified atom stereocenters. The van der Waals surface area contributed by atoms with E-state index in [1.165, 1.54) is 0 Å². The molecular weight excluding hydrogens is 222 g/mol. The summed E-state index contributed by atoms with van der Waals surface area (Å²) in [6.07, 6.45) is 1.57. The van der Waals surface area contributed by atoms with Gasteiger partial charge in [-0.05, 0) is 31.2 Å². The monoisotopic (exact) mass is 231 g/mol.